The van der Waals surface area contributed by atoms with Crippen LogP contribution in [0.1, 0.15) is 53.1 Å². The molecule has 0 radical (unpaired) electrons. The summed E-state index contributed by atoms with van der Waals surface area (Å²) in [5.74, 6) is 0. The van der Waals surface area contributed by atoms with Crippen LogP contribution in [0.15, 0.2) is 65.1 Å². The number of aryl methyl sites for hydroxylation is 3. The molecule has 0 fully saturated rings. The number of rotatable bonds is 11. The molecule has 0 unspecified atom stereocenters. The van der Waals surface area contributed by atoms with Crippen molar-refractivity contribution in [2.45, 2.75) is 45.4 Å². The molecule has 0 amide bonds. The van der Waals surface area contributed by atoms with E-state index in [0.29, 0.717) is 11.4 Å². The van der Waals surface area contributed by atoms with Gasteiger partial charge in [0, 0.05) is 23.6 Å². The van der Waals surface area contributed by atoms with Crippen molar-refractivity contribution in [3.63, 3.8) is 0 Å². The lowest BCUT2D eigenvalue weighted by atomic mass is 9.97. The molecule has 1 aromatic heterocycles. The van der Waals surface area contributed by atoms with Gasteiger partial charge in [-0.1, -0.05) is 61.4 Å². The minimum atomic E-state index is 0.430. The molecule has 2 aromatic carbocycles. The first-order chi connectivity index (χ1) is 14.7. The van der Waals surface area contributed by atoms with E-state index < -0.39 is 0 Å². The van der Waals surface area contributed by atoms with Crippen molar-refractivity contribution in [3.8, 4) is 0 Å². The summed E-state index contributed by atoms with van der Waals surface area (Å²) in [5, 5.41) is 16.3. The Morgan fingerprint density at radius 2 is 1.70 bits per heavy atom. The van der Waals surface area contributed by atoms with Gasteiger partial charge < -0.3 is 5.43 Å². The fourth-order valence-corrected chi connectivity index (χ4v) is 4.15. The summed E-state index contributed by atoms with van der Waals surface area (Å²) < 4.78 is 0. The number of aromatic nitrogens is 1. The molecule has 0 atom stereocenters. The molecule has 156 valence electrons. The van der Waals surface area contributed by atoms with E-state index in [2.05, 4.69) is 46.0 Å². The smallest absolute Gasteiger partial charge is 0.116 e. The van der Waals surface area contributed by atoms with Crippen molar-refractivity contribution < 1.29 is 0 Å². The molecule has 3 aromatic rings. The van der Waals surface area contributed by atoms with Crippen molar-refractivity contribution >= 4 is 22.8 Å². The molecular weight excluding hydrogens is 388 g/mol. The fraction of sp³-hybridized carbons (Fsp3) is 0.320. The topological polar surface area (TPSA) is 61.1 Å². The average Bonchev–Trinajstić information content (AvgIpc) is 3.20. The van der Waals surface area contributed by atoms with Gasteiger partial charge in [0.05, 0.1) is 16.4 Å². The van der Waals surface area contributed by atoms with Crippen molar-refractivity contribution in [1.82, 2.24) is 10.4 Å². The van der Waals surface area contributed by atoms with Crippen molar-refractivity contribution in [1.29, 1.82) is 5.41 Å². The Hall–Kier alpha value is -2.79. The zero-order valence-electron chi connectivity index (χ0n) is 17.8. The Morgan fingerprint density at radius 1 is 0.967 bits per heavy atom. The molecule has 0 aliphatic carbocycles. The largest absolute Gasteiger partial charge is 0.312 e. The van der Waals surface area contributed by atoms with Gasteiger partial charge in [-0.25, -0.2) is 4.98 Å². The zero-order chi connectivity index (χ0) is 21.2. The lowest BCUT2D eigenvalue weighted by Crippen LogP contribution is -2.19. The van der Waals surface area contributed by atoms with E-state index in [1.54, 1.807) is 18.4 Å². The zero-order valence-corrected chi connectivity index (χ0v) is 18.6. The van der Waals surface area contributed by atoms with Crippen LogP contribution in [0.4, 0.5) is 0 Å². The average molecular weight is 419 g/mol. The SMILES string of the molecule is CN/N=C(\C(=N)c1ccccc1)c1cccc(CCCCCCc2csc(C)n2)c1. The molecule has 0 bridgehead atoms. The van der Waals surface area contributed by atoms with Crippen LogP contribution in [0.25, 0.3) is 0 Å². The van der Waals surface area contributed by atoms with E-state index in [9.17, 15) is 0 Å². The molecule has 5 heteroatoms. The normalized spacial score (nSPS) is 11.5. The van der Waals surface area contributed by atoms with Crippen molar-refractivity contribution in [2.24, 2.45) is 5.10 Å². The van der Waals surface area contributed by atoms with Gasteiger partial charge in [-0.3, -0.25) is 5.41 Å². The third-order valence-electron chi connectivity index (χ3n) is 5.04. The summed E-state index contributed by atoms with van der Waals surface area (Å²) in [6, 6.07) is 18.2. The van der Waals surface area contributed by atoms with Crippen LogP contribution in [0.5, 0.6) is 0 Å². The second-order valence-electron chi connectivity index (χ2n) is 7.40. The molecule has 0 aliphatic rings. The number of benzene rings is 2. The second-order valence-corrected chi connectivity index (χ2v) is 8.46. The predicted molar refractivity (Wildman–Crippen MR) is 128 cm³/mol. The summed E-state index contributed by atoms with van der Waals surface area (Å²) in [6.07, 6.45) is 6.98. The molecular formula is C25H30N4S. The first-order valence-electron chi connectivity index (χ1n) is 10.6. The number of nitrogens with one attached hydrogen (secondary N) is 2. The lowest BCUT2D eigenvalue weighted by molar-refractivity contribution is 0.636. The fourth-order valence-electron chi connectivity index (χ4n) is 3.50. The maximum Gasteiger partial charge on any atom is 0.116 e. The number of nitrogens with zero attached hydrogens (tertiary/aromatic N) is 2. The Kier molecular flexibility index (Phi) is 8.33. The number of hydrogen-bond acceptors (Lipinski definition) is 5. The highest BCUT2D eigenvalue weighted by atomic mass is 32.1. The van der Waals surface area contributed by atoms with Gasteiger partial charge >= 0.3 is 0 Å². The Balaban J connectivity index is 1.53. The minimum absolute atomic E-state index is 0.430. The maximum atomic E-state index is 8.61. The molecule has 0 saturated heterocycles. The Morgan fingerprint density at radius 3 is 2.40 bits per heavy atom. The van der Waals surface area contributed by atoms with Crippen LogP contribution in [-0.4, -0.2) is 23.5 Å². The van der Waals surface area contributed by atoms with Crippen LogP contribution in [-0.2, 0) is 12.8 Å². The molecule has 4 nitrogen and oxygen atoms in total. The number of unbranched alkanes of at least 4 members (excludes halogenated alkanes) is 3. The van der Waals surface area contributed by atoms with Gasteiger partial charge in [-0.05, 0) is 44.2 Å². The highest BCUT2D eigenvalue weighted by molar-refractivity contribution is 7.09. The number of thiazole rings is 1. The first kappa shape index (κ1) is 21.9. The molecule has 2 N–H and O–H groups in total. The first-order valence-corrected chi connectivity index (χ1v) is 11.4. The maximum absolute atomic E-state index is 8.61. The highest BCUT2D eigenvalue weighted by Crippen LogP contribution is 2.15. The van der Waals surface area contributed by atoms with Gasteiger partial charge in [-0.15, -0.1) is 11.3 Å². The molecule has 30 heavy (non-hydrogen) atoms. The molecule has 1 heterocycles. The molecule has 0 aliphatic heterocycles. The van der Waals surface area contributed by atoms with Crippen molar-refractivity contribution in [3.05, 3.63) is 87.4 Å². The van der Waals surface area contributed by atoms with Gasteiger partial charge in [0.2, 0.25) is 0 Å². The summed E-state index contributed by atoms with van der Waals surface area (Å²) in [6.45, 7) is 2.07. The standard InChI is InChI=1S/C25H30N4S/c1-19-28-23(18-30-19)16-9-4-3-6-11-20-12-10-15-22(17-20)25(29-27-2)24(26)21-13-7-5-8-14-21/h5,7-8,10,12-15,17-18,26-27H,3-4,6,9,11,16H2,1-2H3/b26-24?,29-25-. The molecule has 0 saturated carbocycles. The molecule has 0 spiro atoms. The Labute approximate surface area is 183 Å². The van der Waals surface area contributed by atoms with E-state index in [1.807, 2.05) is 36.4 Å². The minimum Gasteiger partial charge on any atom is -0.312 e. The van der Waals surface area contributed by atoms with E-state index in [-0.39, 0.29) is 0 Å². The molecule has 3 rings (SSSR count). The third kappa shape index (κ3) is 6.36. The van der Waals surface area contributed by atoms with E-state index in [0.717, 1.165) is 29.0 Å². The summed E-state index contributed by atoms with van der Waals surface area (Å²) in [4.78, 5) is 4.54. The van der Waals surface area contributed by atoms with Gasteiger partial charge in [0.25, 0.3) is 0 Å². The van der Waals surface area contributed by atoms with Gasteiger partial charge in [0.1, 0.15) is 5.71 Å². The number of hydrazone groups is 1. The monoisotopic (exact) mass is 418 g/mol. The Bertz CT molecular complexity index is 976. The van der Waals surface area contributed by atoms with Crippen LogP contribution in [0.2, 0.25) is 0 Å². The summed E-state index contributed by atoms with van der Waals surface area (Å²) in [7, 11) is 1.77. The lowest BCUT2D eigenvalue weighted by Gasteiger charge is -2.10. The third-order valence-corrected chi connectivity index (χ3v) is 5.86. The number of hydrogen-bond donors (Lipinski definition) is 2. The van der Waals surface area contributed by atoms with Crippen molar-refractivity contribution in [2.75, 3.05) is 7.05 Å². The predicted octanol–water partition coefficient (Wildman–Crippen LogP) is 5.79. The van der Waals surface area contributed by atoms with Gasteiger partial charge in [0.15, 0.2) is 0 Å². The summed E-state index contributed by atoms with van der Waals surface area (Å²) >= 11 is 1.74. The van der Waals surface area contributed by atoms with E-state index in [4.69, 9.17) is 5.41 Å². The summed E-state index contributed by atoms with van der Waals surface area (Å²) in [5.41, 5.74) is 8.35. The van der Waals surface area contributed by atoms with Crippen LogP contribution in [0.3, 0.4) is 0 Å². The quantitative estimate of drug-likeness (QED) is 0.235. The van der Waals surface area contributed by atoms with Crippen LogP contribution >= 0.6 is 11.3 Å². The van der Waals surface area contributed by atoms with E-state index >= 15 is 0 Å². The van der Waals surface area contributed by atoms with Crippen LogP contribution < -0.4 is 5.43 Å². The second kappa shape index (κ2) is 11.4. The van der Waals surface area contributed by atoms with Gasteiger partial charge in [-0.2, -0.15) is 5.10 Å². The highest BCUT2D eigenvalue weighted by Gasteiger charge is 2.13. The van der Waals surface area contributed by atoms with E-state index in [1.165, 1.54) is 36.9 Å². The van der Waals surface area contributed by atoms with Crippen LogP contribution in [0, 0.1) is 12.3 Å².